The highest BCUT2D eigenvalue weighted by Crippen LogP contribution is 2.29. The van der Waals surface area contributed by atoms with E-state index in [4.69, 9.17) is 20.6 Å². The van der Waals surface area contributed by atoms with Crippen LogP contribution in [0.15, 0.2) is 42.5 Å². The molecule has 4 rings (SSSR count). The fourth-order valence-electron chi connectivity index (χ4n) is 3.79. The number of anilines is 1. The van der Waals surface area contributed by atoms with Crippen molar-refractivity contribution >= 4 is 5.82 Å². The van der Waals surface area contributed by atoms with E-state index in [0.717, 1.165) is 46.8 Å². The van der Waals surface area contributed by atoms with Gasteiger partial charge in [-0.05, 0) is 80.8 Å². The molecule has 0 spiro atoms. The van der Waals surface area contributed by atoms with Gasteiger partial charge in [0.2, 0.25) is 0 Å². The van der Waals surface area contributed by atoms with Gasteiger partial charge in [-0.1, -0.05) is 38.1 Å². The van der Waals surface area contributed by atoms with Crippen molar-refractivity contribution in [3.05, 3.63) is 70.5 Å². The van der Waals surface area contributed by atoms with Crippen molar-refractivity contribution in [3.8, 4) is 17.0 Å². The van der Waals surface area contributed by atoms with Gasteiger partial charge in [-0.15, -0.1) is 0 Å². The highest BCUT2D eigenvalue weighted by atomic mass is 16.5. The Morgan fingerprint density at radius 1 is 0.938 bits per heavy atom. The molecule has 3 aromatic rings. The van der Waals surface area contributed by atoms with Crippen molar-refractivity contribution in [2.75, 3.05) is 19.5 Å². The molecule has 0 bridgehead atoms. The van der Waals surface area contributed by atoms with Gasteiger partial charge in [0.15, 0.2) is 0 Å². The van der Waals surface area contributed by atoms with Crippen LogP contribution < -0.4 is 10.5 Å². The highest BCUT2D eigenvalue weighted by Gasteiger charge is 2.14. The Morgan fingerprint density at radius 3 is 2.03 bits per heavy atom. The zero-order valence-electron chi connectivity index (χ0n) is 20.1. The summed E-state index contributed by atoms with van der Waals surface area (Å²) in [6.45, 7) is 8.09. The Kier molecular flexibility index (Phi) is 10.2. The Balaban J connectivity index is 0.000000248. The summed E-state index contributed by atoms with van der Waals surface area (Å²) in [5.74, 6) is 1.39. The molecule has 1 heterocycles. The van der Waals surface area contributed by atoms with Gasteiger partial charge in [0.25, 0.3) is 0 Å². The van der Waals surface area contributed by atoms with Crippen LogP contribution in [-0.2, 0) is 25.7 Å². The van der Waals surface area contributed by atoms with Gasteiger partial charge in [0.05, 0.1) is 24.2 Å². The zero-order valence-corrected chi connectivity index (χ0v) is 20.1. The normalized spacial score (nSPS) is 11.6. The third kappa shape index (κ3) is 6.54. The van der Waals surface area contributed by atoms with Gasteiger partial charge < -0.3 is 15.6 Å². The summed E-state index contributed by atoms with van der Waals surface area (Å²) < 4.78 is 5.25. The van der Waals surface area contributed by atoms with E-state index >= 15 is 0 Å². The van der Waals surface area contributed by atoms with Crippen LogP contribution in [0, 0.1) is 6.92 Å². The standard InChI is InChI=1S/C16H21N3O.C9H10.C2H6O/c1-5-13-15(18-14(6-2)16(17)19-13)12-8-7-11(20-4)9-10(12)3;1-2-5-9-7-3-6-8(9)4-1;1-2-3/h7-9H,5-6H2,1-4H3,(H2,17,19);1-2,4-5H,3,6-7H2;3H,2H2,1H3. The second-order valence-corrected chi connectivity index (χ2v) is 7.68. The van der Waals surface area contributed by atoms with Crippen LogP contribution in [0.5, 0.6) is 5.75 Å². The number of aliphatic hydroxyl groups is 1. The summed E-state index contributed by atoms with van der Waals surface area (Å²) in [6.07, 6.45) is 5.55. The number of benzene rings is 2. The van der Waals surface area contributed by atoms with Crippen molar-refractivity contribution in [3.63, 3.8) is 0 Å². The van der Waals surface area contributed by atoms with Crippen LogP contribution >= 0.6 is 0 Å². The van der Waals surface area contributed by atoms with Crippen molar-refractivity contribution in [2.45, 2.75) is 59.8 Å². The monoisotopic (exact) mass is 435 g/mol. The molecular formula is C27H37N3O2. The lowest BCUT2D eigenvalue weighted by atomic mass is 10.0. The molecule has 5 heteroatoms. The number of aliphatic hydroxyl groups excluding tert-OH is 1. The largest absolute Gasteiger partial charge is 0.497 e. The second kappa shape index (κ2) is 12.8. The van der Waals surface area contributed by atoms with Gasteiger partial charge in [0, 0.05) is 12.2 Å². The third-order valence-electron chi connectivity index (χ3n) is 5.44. The molecule has 0 aliphatic heterocycles. The summed E-state index contributed by atoms with van der Waals surface area (Å²) in [6, 6.07) is 14.7. The molecule has 0 unspecified atom stereocenters. The topological polar surface area (TPSA) is 81.3 Å². The lowest BCUT2D eigenvalue weighted by Crippen LogP contribution is -2.06. The molecule has 3 N–H and O–H groups in total. The van der Waals surface area contributed by atoms with Crippen molar-refractivity contribution in [2.24, 2.45) is 0 Å². The maximum atomic E-state index is 7.57. The van der Waals surface area contributed by atoms with Gasteiger partial charge in [0.1, 0.15) is 11.6 Å². The van der Waals surface area contributed by atoms with E-state index in [-0.39, 0.29) is 6.61 Å². The Hall–Kier alpha value is -2.92. The van der Waals surface area contributed by atoms with Crippen molar-refractivity contribution in [1.29, 1.82) is 0 Å². The molecule has 5 nitrogen and oxygen atoms in total. The number of ether oxygens (including phenoxy) is 1. The lowest BCUT2D eigenvalue weighted by Gasteiger charge is -2.13. The predicted octanol–water partition coefficient (Wildman–Crippen LogP) is 5.34. The first-order chi connectivity index (χ1) is 15.5. The zero-order chi connectivity index (χ0) is 23.5. The first-order valence-electron chi connectivity index (χ1n) is 11.5. The Bertz CT molecular complexity index is 979. The molecule has 0 saturated carbocycles. The molecule has 2 aromatic carbocycles. The van der Waals surface area contributed by atoms with E-state index in [2.05, 4.69) is 43.1 Å². The second-order valence-electron chi connectivity index (χ2n) is 7.68. The van der Waals surface area contributed by atoms with E-state index in [1.807, 2.05) is 25.1 Å². The lowest BCUT2D eigenvalue weighted by molar-refractivity contribution is 0.318. The van der Waals surface area contributed by atoms with Crippen molar-refractivity contribution in [1.82, 2.24) is 9.97 Å². The Labute approximate surface area is 192 Å². The molecule has 0 saturated heterocycles. The number of rotatable bonds is 4. The predicted molar refractivity (Wildman–Crippen MR) is 133 cm³/mol. The number of hydrogen-bond donors (Lipinski definition) is 2. The van der Waals surface area contributed by atoms with Gasteiger partial charge in [-0.3, -0.25) is 0 Å². The molecule has 1 aromatic heterocycles. The van der Waals surface area contributed by atoms with Crippen molar-refractivity contribution < 1.29 is 9.84 Å². The minimum absolute atomic E-state index is 0.250. The maximum absolute atomic E-state index is 7.57. The van der Waals surface area contributed by atoms with E-state index in [1.54, 1.807) is 25.2 Å². The summed E-state index contributed by atoms with van der Waals surface area (Å²) >= 11 is 0. The third-order valence-corrected chi connectivity index (χ3v) is 5.44. The average molecular weight is 436 g/mol. The molecule has 0 amide bonds. The number of fused-ring (bicyclic) bond motifs is 1. The Morgan fingerprint density at radius 2 is 1.53 bits per heavy atom. The molecule has 0 atom stereocenters. The molecule has 0 radical (unpaired) electrons. The van der Waals surface area contributed by atoms with E-state index in [1.165, 1.54) is 19.3 Å². The number of methoxy groups -OCH3 is 1. The fourth-order valence-corrected chi connectivity index (χ4v) is 3.79. The quantitative estimate of drug-likeness (QED) is 0.578. The smallest absolute Gasteiger partial charge is 0.145 e. The number of hydrogen-bond acceptors (Lipinski definition) is 5. The van der Waals surface area contributed by atoms with Gasteiger partial charge in [-0.2, -0.15) is 0 Å². The van der Waals surface area contributed by atoms with E-state index in [9.17, 15) is 0 Å². The summed E-state index contributed by atoms with van der Waals surface area (Å²) in [7, 11) is 1.67. The first kappa shape index (κ1) is 25.3. The van der Waals surface area contributed by atoms with Crippen LogP contribution in [0.25, 0.3) is 11.3 Å². The summed E-state index contributed by atoms with van der Waals surface area (Å²) in [5, 5.41) is 7.57. The number of aromatic nitrogens is 2. The summed E-state index contributed by atoms with van der Waals surface area (Å²) in [4.78, 5) is 9.23. The molecule has 32 heavy (non-hydrogen) atoms. The minimum Gasteiger partial charge on any atom is -0.497 e. The average Bonchev–Trinajstić information content (AvgIpc) is 3.29. The number of nitrogens with zero attached hydrogens (tertiary/aromatic N) is 2. The van der Waals surface area contributed by atoms with Crippen LogP contribution in [0.4, 0.5) is 5.82 Å². The van der Waals surface area contributed by atoms with Crippen LogP contribution in [0.3, 0.4) is 0 Å². The van der Waals surface area contributed by atoms with Crippen LogP contribution in [-0.4, -0.2) is 28.8 Å². The number of aryl methyl sites for hydroxylation is 5. The SMILES string of the molecule is CCO.CCc1nc(-c2ccc(OC)cc2C)c(CC)nc1N.c1ccc2c(c1)CCC2. The van der Waals surface area contributed by atoms with Crippen LogP contribution in [0.2, 0.25) is 0 Å². The van der Waals surface area contributed by atoms with E-state index in [0.29, 0.717) is 5.82 Å². The number of nitrogen functional groups attached to an aromatic ring is 1. The fraction of sp³-hybridized carbons (Fsp3) is 0.407. The maximum Gasteiger partial charge on any atom is 0.145 e. The first-order valence-corrected chi connectivity index (χ1v) is 11.5. The summed E-state index contributed by atoms with van der Waals surface area (Å²) in [5.41, 5.74) is 14.0. The molecule has 1 aliphatic carbocycles. The molecule has 0 fully saturated rings. The van der Waals surface area contributed by atoms with Gasteiger partial charge >= 0.3 is 0 Å². The minimum atomic E-state index is 0.250. The molecule has 172 valence electrons. The van der Waals surface area contributed by atoms with E-state index < -0.39 is 0 Å². The number of nitrogens with two attached hydrogens (primary N) is 1. The molecule has 1 aliphatic rings. The van der Waals surface area contributed by atoms with Crippen LogP contribution in [0.1, 0.15) is 55.3 Å². The molecular weight excluding hydrogens is 398 g/mol. The van der Waals surface area contributed by atoms with Gasteiger partial charge in [-0.25, -0.2) is 9.97 Å². The highest BCUT2D eigenvalue weighted by molar-refractivity contribution is 5.68.